The van der Waals surface area contributed by atoms with Crippen molar-refractivity contribution >= 4 is 0 Å². The quantitative estimate of drug-likeness (QED) is 0.622. The average Bonchev–Trinajstić information content (AvgIpc) is 3.14. The van der Waals surface area contributed by atoms with E-state index >= 15 is 0 Å². The molecule has 0 saturated carbocycles. The number of rotatable bonds is 7. The molecule has 2 N–H and O–H groups in total. The molecule has 0 unspecified atom stereocenters. The molecule has 3 aromatic rings. The fourth-order valence-electron chi connectivity index (χ4n) is 2.94. The van der Waals surface area contributed by atoms with E-state index in [2.05, 4.69) is 83.7 Å². The summed E-state index contributed by atoms with van der Waals surface area (Å²) in [6.07, 6.45) is 2.75. The number of aryl methyl sites for hydroxylation is 1. The summed E-state index contributed by atoms with van der Waals surface area (Å²) in [5, 5.41) is 10.3. The van der Waals surface area contributed by atoms with Crippen LogP contribution in [-0.4, -0.2) is 21.7 Å². The van der Waals surface area contributed by atoms with Gasteiger partial charge in [0.05, 0.1) is 0 Å². The van der Waals surface area contributed by atoms with Gasteiger partial charge in [-0.05, 0) is 48.1 Å². The second kappa shape index (κ2) is 8.08. The Hall–Kier alpha value is -2.46. The SMILES string of the molecule is Cc1cc(CNCCC(C)C)ccc1-c1ccc(-c2ncn[nH]2)cc1. The van der Waals surface area contributed by atoms with E-state index in [0.29, 0.717) is 0 Å². The molecule has 1 aromatic heterocycles. The first kappa shape index (κ1) is 17.4. The molecule has 130 valence electrons. The van der Waals surface area contributed by atoms with Crippen molar-refractivity contribution in [1.82, 2.24) is 20.5 Å². The molecule has 0 aliphatic rings. The normalized spacial score (nSPS) is 11.2. The average molecular weight is 334 g/mol. The van der Waals surface area contributed by atoms with Crippen LogP contribution >= 0.6 is 0 Å². The maximum atomic E-state index is 4.19. The first-order valence-corrected chi connectivity index (χ1v) is 8.90. The zero-order valence-electron chi connectivity index (χ0n) is 15.2. The molecular weight excluding hydrogens is 308 g/mol. The van der Waals surface area contributed by atoms with E-state index in [9.17, 15) is 0 Å². The fraction of sp³-hybridized carbons (Fsp3) is 0.333. The molecule has 3 rings (SSSR count). The summed E-state index contributed by atoms with van der Waals surface area (Å²) < 4.78 is 0. The number of aromatic amines is 1. The second-order valence-electron chi connectivity index (χ2n) is 6.92. The number of H-pyrrole nitrogens is 1. The largest absolute Gasteiger partial charge is 0.313 e. The molecule has 4 heteroatoms. The minimum atomic E-state index is 0.747. The molecule has 0 bridgehead atoms. The number of benzene rings is 2. The number of hydrogen-bond acceptors (Lipinski definition) is 3. The Morgan fingerprint density at radius 2 is 1.80 bits per heavy atom. The van der Waals surface area contributed by atoms with E-state index in [0.717, 1.165) is 30.4 Å². The minimum absolute atomic E-state index is 0.747. The number of nitrogens with zero attached hydrogens (tertiary/aromatic N) is 2. The lowest BCUT2D eigenvalue weighted by Gasteiger charge is -2.11. The van der Waals surface area contributed by atoms with Gasteiger partial charge in [0.15, 0.2) is 5.82 Å². The molecule has 0 aliphatic carbocycles. The van der Waals surface area contributed by atoms with Gasteiger partial charge in [-0.1, -0.05) is 56.3 Å². The molecule has 0 fully saturated rings. The summed E-state index contributed by atoms with van der Waals surface area (Å²) in [4.78, 5) is 4.19. The number of nitrogens with one attached hydrogen (secondary N) is 2. The smallest absolute Gasteiger partial charge is 0.155 e. The maximum absolute atomic E-state index is 4.19. The first-order chi connectivity index (χ1) is 12.1. The summed E-state index contributed by atoms with van der Waals surface area (Å²) >= 11 is 0. The van der Waals surface area contributed by atoms with E-state index in [4.69, 9.17) is 0 Å². The van der Waals surface area contributed by atoms with Crippen LogP contribution in [0.3, 0.4) is 0 Å². The Bertz CT molecular complexity index is 789. The van der Waals surface area contributed by atoms with Gasteiger partial charge < -0.3 is 5.32 Å². The van der Waals surface area contributed by atoms with E-state index in [1.54, 1.807) is 0 Å². The van der Waals surface area contributed by atoms with Gasteiger partial charge in [0.2, 0.25) is 0 Å². The van der Waals surface area contributed by atoms with Gasteiger partial charge >= 0.3 is 0 Å². The van der Waals surface area contributed by atoms with Gasteiger partial charge in [-0.15, -0.1) is 0 Å². The second-order valence-corrected chi connectivity index (χ2v) is 6.92. The highest BCUT2D eigenvalue weighted by molar-refractivity contribution is 5.70. The van der Waals surface area contributed by atoms with Crippen LogP contribution < -0.4 is 5.32 Å². The van der Waals surface area contributed by atoms with Crippen molar-refractivity contribution in [2.75, 3.05) is 6.54 Å². The predicted molar refractivity (Wildman–Crippen MR) is 103 cm³/mol. The van der Waals surface area contributed by atoms with E-state index < -0.39 is 0 Å². The minimum Gasteiger partial charge on any atom is -0.313 e. The van der Waals surface area contributed by atoms with Gasteiger partial charge in [0.1, 0.15) is 6.33 Å². The van der Waals surface area contributed by atoms with Crippen molar-refractivity contribution in [3.63, 3.8) is 0 Å². The standard InChI is InChI=1S/C21H26N4/c1-15(2)10-11-22-13-17-4-9-20(16(3)12-17)18-5-7-19(8-6-18)21-23-14-24-25-21/h4-9,12,14-15,22H,10-11,13H2,1-3H3,(H,23,24,25). The summed E-state index contributed by atoms with van der Waals surface area (Å²) in [6, 6.07) is 15.2. The molecule has 0 amide bonds. The van der Waals surface area contributed by atoms with Gasteiger partial charge in [-0.25, -0.2) is 4.98 Å². The van der Waals surface area contributed by atoms with Gasteiger partial charge in [0.25, 0.3) is 0 Å². The molecular formula is C21H26N4. The zero-order chi connectivity index (χ0) is 17.6. The van der Waals surface area contributed by atoms with E-state index in [-0.39, 0.29) is 0 Å². The van der Waals surface area contributed by atoms with Crippen molar-refractivity contribution in [3.05, 3.63) is 59.9 Å². The highest BCUT2D eigenvalue weighted by Gasteiger charge is 2.05. The molecule has 0 aliphatic heterocycles. The van der Waals surface area contributed by atoms with Crippen LogP contribution in [0.2, 0.25) is 0 Å². The Labute approximate surface area is 149 Å². The molecule has 1 heterocycles. The first-order valence-electron chi connectivity index (χ1n) is 8.90. The summed E-state index contributed by atoms with van der Waals surface area (Å²) in [7, 11) is 0. The third-order valence-electron chi connectivity index (χ3n) is 4.40. The third-order valence-corrected chi connectivity index (χ3v) is 4.40. The van der Waals surface area contributed by atoms with Crippen LogP contribution in [0, 0.1) is 12.8 Å². The molecule has 0 spiro atoms. The van der Waals surface area contributed by atoms with Crippen LogP contribution in [0.1, 0.15) is 31.4 Å². The fourth-order valence-corrected chi connectivity index (χ4v) is 2.94. The third kappa shape index (κ3) is 4.54. The topological polar surface area (TPSA) is 53.6 Å². The maximum Gasteiger partial charge on any atom is 0.155 e. The molecule has 0 atom stereocenters. The lowest BCUT2D eigenvalue weighted by molar-refractivity contribution is 0.537. The predicted octanol–water partition coefficient (Wildman–Crippen LogP) is 4.58. The van der Waals surface area contributed by atoms with Gasteiger partial charge in [-0.2, -0.15) is 5.10 Å². The molecule has 2 aromatic carbocycles. The number of hydrogen-bond donors (Lipinski definition) is 2. The summed E-state index contributed by atoms with van der Waals surface area (Å²) in [6.45, 7) is 8.69. The van der Waals surface area contributed by atoms with E-state index in [1.807, 2.05) is 0 Å². The van der Waals surface area contributed by atoms with Crippen LogP contribution in [0.25, 0.3) is 22.5 Å². The van der Waals surface area contributed by atoms with Crippen LogP contribution in [0.5, 0.6) is 0 Å². The van der Waals surface area contributed by atoms with Crippen LogP contribution in [0.4, 0.5) is 0 Å². The van der Waals surface area contributed by atoms with Gasteiger partial charge in [-0.3, -0.25) is 5.10 Å². The zero-order valence-corrected chi connectivity index (χ0v) is 15.2. The van der Waals surface area contributed by atoms with Crippen molar-refractivity contribution in [2.24, 2.45) is 5.92 Å². The van der Waals surface area contributed by atoms with Crippen molar-refractivity contribution in [1.29, 1.82) is 0 Å². The summed E-state index contributed by atoms with van der Waals surface area (Å²) in [5.41, 5.74) is 6.18. The monoisotopic (exact) mass is 334 g/mol. The molecule has 4 nitrogen and oxygen atoms in total. The molecule has 0 saturated heterocycles. The van der Waals surface area contributed by atoms with Crippen LogP contribution in [-0.2, 0) is 6.54 Å². The Morgan fingerprint density at radius 3 is 2.44 bits per heavy atom. The Kier molecular flexibility index (Phi) is 5.61. The summed E-state index contributed by atoms with van der Waals surface area (Å²) in [5.74, 6) is 1.54. The molecule has 25 heavy (non-hydrogen) atoms. The lowest BCUT2D eigenvalue weighted by atomic mass is 9.97. The van der Waals surface area contributed by atoms with Crippen molar-refractivity contribution < 1.29 is 0 Å². The highest BCUT2D eigenvalue weighted by atomic mass is 15.2. The van der Waals surface area contributed by atoms with Gasteiger partial charge in [0, 0.05) is 12.1 Å². The van der Waals surface area contributed by atoms with Crippen molar-refractivity contribution in [3.8, 4) is 22.5 Å². The molecule has 0 radical (unpaired) electrons. The lowest BCUT2D eigenvalue weighted by Crippen LogP contribution is -2.16. The van der Waals surface area contributed by atoms with Crippen molar-refractivity contribution in [2.45, 2.75) is 33.7 Å². The number of aromatic nitrogens is 3. The van der Waals surface area contributed by atoms with E-state index in [1.165, 1.54) is 35.0 Å². The van der Waals surface area contributed by atoms with Crippen LogP contribution in [0.15, 0.2) is 48.8 Å². The highest BCUT2D eigenvalue weighted by Crippen LogP contribution is 2.26. The Balaban J connectivity index is 1.68. The Morgan fingerprint density at radius 1 is 1.04 bits per heavy atom.